The van der Waals surface area contributed by atoms with E-state index in [1.165, 1.54) is 28.2 Å². The summed E-state index contributed by atoms with van der Waals surface area (Å²) in [5, 5.41) is 0. The van der Waals surface area contributed by atoms with E-state index in [2.05, 4.69) is 55.2 Å². The van der Waals surface area contributed by atoms with Crippen LogP contribution in [0.2, 0.25) is 0 Å². The molecule has 1 aliphatic heterocycles. The van der Waals surface area contributed by atoms with Crippen molar-refractivity contribution in [2.45, 2.75) is 6.54 Å². The normalized spacial score (nSPS) is 17.1. The lowest BCUT2D eigenvalue weighted by atomic mass is 10.3. The predicted octanol–water partition coefficient (Wildman–Crippen LogP) is 2.27. The van der Waals surface area contributed by atoms with Crippen molar-refractivity contribution in [1.29, 1.82) is 0 Å². The summed E-state index contributed by atoms with van der Waals surface area (Å²) in [7, 11) is 0. The van der Waals surface area contributed by atoms with E-state index in [1.54, 1.807) is 0 Å². The van der Waals surface area contributed by atoms with Gasteiger partial charge in [-0.25, -0.2) is 4.98 Å². The molecule has 1 saturated heterocycles. The Hall–Kier alpha value is -0.470. The minimum Gasteiger partial charge on any atom is -0.369 e. The molecule has 0 spiro atoms. The van der Waals surface area contributed by atoms with E-state index in [0.29, 0.717) is 5.95 Å². The van der Waals surface area contributed by atoms with Gasteiger partial charge in [-0.3, -0.25) is 4.90 Å². The van der Waals surface area contributed by atoms with Crippen LogP contribution in [-0.4, -0.2) is 45.6 Å². The topological polar surface area (TPSA) is 47.1 Å². The molecule has 1 aliphatic rings. The van der Waals surface area contributed by atoms with Crippen molar-refractivity contribution in [1.82, 2.24) is 14.5 Å². The highest BCUT2D eigenvalue weighted by Crippen LogP contribution is 2.20. The average Bonchev–Trinajstić information content (AvgIpc) is 2.72. The van der Waals surface area contributed by atoms with Crippen LogP contribution in [0.15, 0.2) is 18.2 Å². The van der Waals surface area contributed by atoms with E-state index in [4.69, 9.17) is 5.73 Å². The number of aromatic nitrogens is 2. The largest absolute Gasteiger partial charge is 0.369 e. The summed E-state index contributed by atoms with van der Waals surface area (Å²) >= 11 is 4.35. The van der Waals surface area contributed by atoms with E-state index in [-0.39, 0.29) is 0 Å². The number of hydrogen-bond acceptors (Lipinski definition) is 4. The van der Waals surface area contributed by atoms with Gasteiger partial charge in [0.25, 0.3) is 0 Å². The Morgan fingerprint density at radius 3 is 2.84 bits per heavy atom. The maximum Gasteiger partial charge on any atom is 0.201 e. The second-order valence-electron chi connectivity index (χ2n) is 4.71. The smallest absolute Gasteiger partial charge is 0.201 e. The van der Waals surface area contributed by atoms with Crippen LogP contribution in [0.4, 0.5) is 5.95 Å². The molecule has 2 heterocycles. The van der Waals surface area contributed by atoms with Gasteiger partial charge in [-0.15, -0.1) is 0 Å². The number of thioether (sulfide) groups is 1. The van der Waals surface area contributed by atoms with Gasteiger partial charge in [-0.05, 0) is 40.8 Å². The average molecular weight is 388 g/mol. The molecule has 2 aromatic rings. The summed E-state index contributed by atoms with van der Waals surface area (Å²) in [4.78, 5) is 6.96. The summed E-state index contributed by atoms with van der Waals surface area (Å²) in [6, 6.07) is 6.31. The van der Waals surface area contributed by atoms with Crippen molar-refractivity contribution in [3.63, 3.8) is 0 Å². The van der Waals surface area contributed by atoms with Crippen molar-refractivity contribution in [2.24, 2.45) is 0 Å². The predicted molar refractivity (Wildman–Crippen MR) is 90.6 cm³/mol. The fourth-order valence-electron chi connectivity index (χ4n) is 2.42. The third-order valence-electron chi connectivity index (χ3n) is 3.48. The van der Waals surface area contributed by atoms with Crippen LogP contribution in [-0.2, 0) is 6.54 Å². The molecular formula is C13H17IN4S. The summed E-state index contributed by atoms with van der Waals surface area (Å²) in [5.41, 5.74) is 8.19. The Balaban J connectivity index is 1.78. The number of benzene rings is 1. The monoisotopic (exact) mass is 388 g/mol. The van der Waals surface area contributed by atoms with Gasteiger partial charge >= 0.3 is 0 Å². The van der Waals surface area contributed by atoms with E-state index in [9.17, 15) is 0 Å². The van der Waals surface area contributed by atoms with Gasteiger partial charge < -0.3 is 10.3 Å². The van der Waals surface area contributed by atoms with E-state index < -0.39 is 0 Å². The van der Waals surface area contributed by atoms with Gasteiger partial charge in [0, 0.05) is 41.3 Å². The Bertz CT molecular complexity index is 577. The molecule has 1 aromatic carbocycles. The fourth-order valence-corrected chi connectivity index (χ4v) is 3.88. The van der Waals surface area contributed by atoms with Crippen molar-refractivity contribution in [2.75, 3.05) is 36.9 Å². The van der Waals surface area contributed by atoms with E-state index in [1.807, 2.05) is 11.8 Å². The SMILES string of the molecule is Nc1nc2cc(I)ccc2n1CCN1CCSCC1. The number of fused-ring (bicyclic) bond motifs is 1. The summed E-state index contributed by atoms with van der Waals surface area (Å²) in [6.07, 6.45) is 0. The van der Waals surface area contributed by atoms with E-state index >= 15 is 0 Å². The first-order valence-electron chi connectivity index (χ1n) is 6.45. The van der Waals surface area contributed by atoms with Crippen molar-refractivity contribution >= 4 is 51.3 Å². The maximum absolute atomic E-state index is 6.05. The minimum atomic E-state index is 0.628. The lowest BCUT2D eigenvalue weighted by Crippen LogP contribution is -2.35. The third-order valence-corrected chi connectivity index (χ3v) is 5.10. The molecule has 0 saturated carbocycles. The number of rotatable bonds is 3. The summed E-state index contributed by atoms with van der Waals surface area (Å²) in [5.74, 6) is 3.12. The van der Waals surface area contributed by atoms with Crippen LogP contribution in [0.1, 0.15) is 0 Å². The number of nitrogen functional groups attached to an aromatic ring is 1. The van der Waals surface area contributed by atoms with Gasteiger partial charge in [0.1, 0.15) is 0 Å². The molecule has 102 valence electrons. The highest BCUT2D eigenvalue weighted by atomic mass is 127. The second kappa shape index (κ2) is 5.88. The van der Waals surface area contributed by atoms with Crippen LogP contribution in [0.3, 0.4) is 0 Å². The van der Waals surface area contributed by atoms with Crippen molar-refractivity contribution in [3.05, 3.63) is 21.8 Å². The molecular weight excluding hydrogens is 371 g/mol. The van der Waals surface area contributed by atoms with Crippen LogP contribution in [0.25, 0.3) is 11.0 Å². The van der Waals surface area contributed by atoms with Crippen LogP contribution in [0, 0.1) is 3.57 Å². The highest BCUT2D eigenvalue weighted by Gasteiger charge is 2.12. The molecule has 4 nitrogen and oxygen atoms in total. The molecule has 0 atom stereocenters. The lowest BCUT2D eigenvalue weighted by Gasteiger charge is -2.26. The minimum absolute atomic E-state index is 0.628. The number of nitrogens with zero attached hydrogens (tertiary/aromatic N) is 3. The van der Waals surface area contributed by atoms with Crippen molar-refractivity contribution < 1.29 is 0 Å². The number of halogens is 1. The first-order chi connectivity index (χ1) is 9.24. The third kappa shape index (κ3) is 3.00. The summed E-state index contributed by atoms with van der Waals surface area (Å²) in [6.45, 7) is 4.36. The van der Waals surface area contributed by atoms with Crippen LogP contribution in [0.5, 0.6) is 0 Å². The molecule has 2 N–H and O–H groups in total. The Kier molecular flexibility index (Phi) is 4.18. The zero-order valence-corrected chi connectivity index (χ0v) is 13.7. The number of anilines is 1. The first kappa shape index (κ1) is 13.5. The van der Waals surface area contributed by atoms with Crippen LogP contribution >= 0.6 is 34.4 Å². The molecule has 0 amide bonds. The number of hydrogen-bond donors (Lipinski definition) is 1. The Morgan fingerprint density at radius 1 is 1.26 bits per heavy atom. The molecule has 3 rings (SSSR count). The van der Waals surface area contributed by atoms with Gasteiger partial charge in [0.05, 0.1) is 11.0 Å². The molecule has 0 bridgehead atoms. The molecule has 19 heavy (non-hydrogen) atoms. The van der Waals surface area contributed by atoms with Gasteiger partial charge in [0.15, 0.2) is 0 Å². The molecule has 1 fully saturated rings. The zero-order chi connectivity index (χ0) is 13.2. The maximum atomic E-state index is 6.05. The molecule has 6 heteroatoms. The first-order valence-corrected chi connectivity index (χ1v) is 8.69. The van der Waals surface area contributed by atoms with Crippen molar-refractivity contribution in [3.8, 4) is 0 Å². The van der Waals surface area contributed by atoms with Crippen LogP contribution < -0.4 is 5.73 Å². The second-order valence-corrected chi connectivity index (χ2v) is 7.18. The fraction of sp³-hybridized carbons (Fsp3) is 0.462. The lowest BCUT2D eigenvalue weighted by molar-refractivity contribution is 0.291. The molecule has 0 radical (unpaired) electrons. The van der Waals surface area contributed by atoms with E-state index in [0.717, 1.165) is 24.1 Å². The Morgan fingerprint density at radius 2 is 2.05 bits per heavy atom. The molecule has 0 unspecified atom stereocenters. The quantitative estimate of drug-likeness (QED) is 0.820. The number of imidazole rings is 1. The standard InChI is InChI=1S/C13H17IN4S/c14-10-1-2-12-11(9-10)16-13(15)18(12)4-3-17-5-7-19-8-6-17/h1-2,9H,3-8H2,(H2,15,16). The van der Waals surface area contributed by atoms with Gasteiger partial charge in [0.2, 0.25) is 5.95 Å². The Labute approximate surface area is 130 Å². The molecule has 0 aliphatic carbocycles. The zero-order valence-electron chi connectivity index (χ0n) is 10.7. The van der Waals surface area contributed by atoms with Gasteiger partial charge in [-0.1, -0.05) is 0 Å². The summed E-state index contributed by atoms with van der Waals surface area (Å²) < 4.78 is 3.33. The highest BCUT2D eigenvalue weighted by molar-refractivity contribution is 14.1. The van der Waals surface area contributed by atoms with Gasteiger partial charge in [-0.2, -0.15) is 11.8 Å². The molecule has 1 aromatic heterocycles. The number of nitrogens with two attached hydrogens (primary N) is 1.